The van der Waals surface area contributed by atoms with Gasteiger partial charge in [0.05, 0.1) is 29.0 Å². The molecular formula is C15H16Cl2N4O2S. The Morgan fingerprint density at radius 3 is 2.71 bits per heavy atom. The summed E-state index contributed by atoms with van der Waals surface area (Å²) in [5.74, 6) is 1.02. The topological polar surface area (TPSA) is 60.2 Å². The van der Waals surface area contributed by atoms with Gasteiger partial charge >= 0.3 is 0 Å². The van der Waals surface area contributed by atoms with Crippen LogP contribution in [0, 0.1) is 0 Å². The molecule has 0 unspecified atom stereocenters. The van der Waals surface area contributed by atoms with Gasteiger partial charge < -0.3 is 9.64 Å². The molecule has 2 aromatic rings. The molecule has 1 aliphatic rings. The number of ketones is 1. The van der Waals surface area contributed by atoms with E-state index in [1.54, 1.807) is 18.2 Å². The van der Waals surface area contributed by atoms with Crippen molar-refractivity contribution in [2.75, 3.05) is 37.0 Å². The van der Waals surface area contributed by atoms with E-state index in [9.17, 15) is 4.79 Å². The largest absolute Gasteiger partial charge is 0.378 e. The van der Waals surface area contributed by atoms with Crippen molar-refractivity contribution in [3.63, 3.8) is 0 Å². The number of carbonyl (C=O) groups is 1. The Labute approximate surface area is 154 Å². The van der Waals surface area contributed by atoms with E-state index in [2.05, 4.69) is 15.1 Å². The van der Waals surface area contributed by atoms with Crippen molar-refractivity contribution in [2.24, 2.45) is 7.05 Å². The number of thioether (sulfide) groups is 1. The standard InChI is InChI=1S/C15H16Cl2N4O2S/c1-20-14(21-4-6-23-7-5-21)18-19-15(20)24-9-13(22)10-2-3-11(16)12(17)8-10/h2-3,8H,4-7,9H2,1H3. The van der Waals surface area contributed by atoms with E-state index in [0.717, 1.165) is 19.0 Å². The highest BCUT2D eigenvalue weighted by Crippen LogP contribution is 2.25. The lowest BCUT2D eigenvalue weighted by atomic mass is 10.1. The first-order valence-electron chi connectivity index (χ1n) is 7.39. The van der Waals surface area contributed by atoms with Crippen LogP contribution in [0.1, 0.15) is 10.4 Å². The first-order valence-corrected chi connectivity index (χ1v) is 9.13. The van der Waals surface area contributed by atoms with E-state index in [4.69, 9.17) is 27.9 Å². The van der Waals surface area contributed by atoms with Crippen molar-refractivity contribution >= 4 is 46.7 Å². The molecule has 128 valence electrons. The van der Waals surface area contributed by atoms with Crippen LogP contribution in [0.15, 0.2) is 23.4 Å². The first-order chi connectivity index (χ1) is 11.6. The van der Waals surface area contributed by atoms with E-state index >= 15 is 0 Å². The van der Waals surface area contributed by atoms with Gasteiger partial charge in [-0.3, -0.25) is 9.36 Å². The lowest BCUT2D eigenvalue weighted by molar-refractivity contribution is 0.102. The quantitative estimate of drug-likeness (QED) is 0.581. The van der Waals surface area contributed by atoms with Gasteiger partial charge in [-0.05, 0) is 18.2 Å². The maximum atomic E-state index is 12.3. The minimum absolute atomic E-state index is 0.0329. The number of morpholine rings is 1. The highest BCUT2D eigenvalue weighted by Gasteiger charge is 2.19. The predicted molar refractivity (Wildman–Crippen MR) is 95.6 cm³/mol. The van der Waals surface area contributed by atoms with Crippen molar-refractivity contribution < 1.29 is 9.53 Å². The van der Waals surface area contributed by atoms with Gasteiger partial charge in [-0.2, -0.15) is 0 Å². The van der Waals surface area contributed by atoms with Crippen LogP contribution >= 0.6 is 35.0 Å². The monoisotopic (exact) mass is 386 g/mol. The Morgan fingerprint density at radius 1 is 1.25 bits per heavy atom. The van der Waals surface area contributed by atoms with Gasteiger partial charge in [0.25, 0.3) is 0 Å². The van der Waals surface area contributed by atoms with Crippen molar-refractivity contribution in [1.82, 2.24) is 14.8 Å². The van der Waals surface area contributed by atoms with Crippen LogP contribution in [-0.4, -0.2) is 52.6 Å². The Kier molecular flexibility index (Phi) is 5.65. The molecule has 1 aliphatic heterocycles. The summed E-state index contributed by atoms with van der Waals surface area (Å²) in [4.78, 5) is 14.4. The fourth-order valence-corrected chi connectivity index (χ4v) is 3.45. The molecular weight excluding hydrogens is 371 g/mol. The minimum atomic E-state index is -0.0329. The maximum absolute atomic E-state index is 12.3. The zero-order valence-electron chi connectivity index (χ0n) is 13.0. The molecule has 0 aliphatic carbocycles. The fraction of sp³-hybridized carbons (Fsp3) is 0.400. The number of ether oxygens (including phenoxy) is 1. The number of carbonyl (C=O) groups excluding carboxylic acids is 1. The van der Waals surface area contributed by atoms with Crippen LogP contribution in [0.5, 0.6) is 0 Å². The van der Waals surface area contributed by atoms with E-state index in [0.29, 0.717) is 34.0 Å². The molecule has 6 nitrogen and oxygen atoms in total. The number of Topliss-reactive ketones (excluding diaryl/α,β-unsaturated/α-hetero) is 1. The number of hydrogen-bond acceptors (Lipinski definition) is 6. The Bertz CT molecular complexity index is 747. The van der Waals surface area contributed by atoms with Crippen LogP contribution in [0.4, 0.5) is 5.95 Å². The van der Waals surface area contributed by atoms with Gasteiger partial charge in [0, 0.05) is 25.7 Å². The Hall–Kier alpha value is -1.28. The van der Waals surface area contributed by atoms with Crippen LogP contribution in [0.3, 0.4) is 0 Å². The van der Waals surface area contributed by atoms with Crippen LogP contribution in [0.25, 0.3) is 0 Å². The van der Waals surface area contributed by atoms with E-state index in [1.165, 1.54) is 11.8 Å². The number of rotatable bonds is 5. The average Bonchev–Trinajstić information content (AvgIpc) is 2.96. The number of aromatic nitrogens is 3. The van der Waals surface area contributed by atoms with Gasteiger partial charge in [-0.1, -0.05) is 35.0 Å². The zero-order chi connectivity index (χ0) is 17.1. The number of anilines is 1. The van der Waals surface area contributed by atoms with E-state index in [-0.39, 0.29) is 11.5 Å². The summed E-state index contributed by atoms with van der Waals surface area (Å²) in [6, 6.07) is 4.89. The van der Waals surface area contributed by atoms with Crippen LogP contribution in [0.2, 0.25) is 10.0 Å². The third-order valence-corrected chi connectivity index (χ3v) is 5.44. The molecule has 0 bridgehead atoms. The highest BCUT2D eigenvalue weighted by molar-refractivity contribution is 7.99. The molecule has 0 amide bonds. The zero-order valence-corrected chi connectivity index (χ0v) is 15.4. The molecule has 0 atom stereocenters. The second-order valence-corrected chi connectivity index (χ2v) is 7.04. The third kappa shape index (κ3) is 3.85. The first kappa shape index (κ1) is 17.5. The smallest absolute Gasteiger partial charge is 0.227 e. The predicted octanol–water partition coefficient (Wildman–Crippen LogP) is 2.93. The number of benzene rings is 1. The molecule has 1 fully saturated rings. The Morgan fingerprint density at radius 2 is 2.00 bits per heavy atom. The van der Waals surface area contributed by atoms with Gasteiger partial charge in [0.2, 0.25) is 5.95 Å². The van der Waals surface area contributed by atoms with Gasteiger partial charge in [-0.15, -0.1) is 10.2 Å². The second kappa shape index (κ2) is 7.74. The number of hydrogen-bond donors (Lipinski definition) is 0. The van der Waals surface area contributed by atoms with Crippen molar-refractivity contribution in [3.8, 4) is 0 Å². The summed E-state index contributed by atoms with van der Waals surface area (Å²) in [5, 5.41) is 9.92. The van der Waals surface area contributed by atoms with Crippen molar-refractivity contribution in [2.45, 2.75) is 5.16 Å². The number of halogens is 2. The summed E-state index contributed by atoms with van der Waals surface area (Å²) in [6.45, 7) is 2.95. The molecule has 0 spiro atoms. The lowest BCUT2D eigenvalue weighted by Gasteiger charge is -2.27. The highest BCUT2D eigenvalue weighted by atomic mass is 35.5. The van der Waals surface area contributed by atoms with E-state index < -0.39 is 0 Å². The van der Waals surface area contributed by atoms with Gasteiger partial charge in [0.1, 0.15) is 0 Å². The van der Waals surface area contributed by atoms with Gasteiger partial charge in [0.15, 0.2) is 10.9 Å². The van der Waals surface area contributed by atoms with Crippen LogP contribution in [-0.2, 0) is 11.8 Å². The second-order valence-electron chi connectivity index (χ2n) is 5.28. The fourth-order valence-electron chi connectivity index (χ4n) is 2.35. The summed E-state index contributed by atoms with van der Waals surface area (Å²) in [5.41, 5.74) is 0.535. The molecule has 24 heavy (non-hydrogen) atoms. The molecule has 2 heterocycles. The SMILES string of the molecule is Cn1c(SCC(=O)c2ccc(Cl)c(Cl)c2)nnc1N1CCOCC1. The summed E-state index contributed by atoms with van der Waals surface area (Å²) in [7, 11) is 1.90. The Balaban J connectivity index is 1.65. The van der Waals surface area contributed by atoms with Gasteiger partial charge in [-0.25, -0.2) is 0 Å². The molecule has 0 radical (unpaired) electrons. The molecule has 9 heteroatoms. The van der Waals surface area contributed by atoms with Crippen molar-refractivity contribution in [3.05, 3.63) is 33.8 Å². The molecule has 1 aromatic heterocycles. The number of nitrogens with zero attached hydrogens (tertiary/aromatic N) is 4. The van der Waals surface area contributed by atoms with E-state index in [1.807, 2.05) is 11.6 Å². The normalized spacial score (nSPS) is 14.9. The molecule has 3 rings (SSSR count). The average molecular weight is 387 g/mol. The maximum Gasteiger partial charge on any atom is 0.227 e. The van der Waals surface area contributed by atoms with Crippen LogP contribution < -0.4 is 4.90 Å². The minimum Gasteiger partial charge on any atom is -0.378 e. The van der Waals surface area contributed by atoms with Crippen molar-refractivity contribution in [1.29, 1.82) is 0 Å². The summed E-state index contributed by atoms with van der Waals surface area (Å²) >= 11 is 13.2. The summed E-state index contributed by atoms with van der Waals surface area (Å²) < 4.78 is 7.25. The molecule has 1 aromatic carbocycles. The summed E-state index contributed by atoms with van der Waals surface area (Å²) in [6.07, 6.45) is 0. The molecule has 0 saturated carbocycles. The lowest BCUT2D eigenvalue weighted by Crippen LogP contribution is -2.37. The molecule has 1 saturated heterocycles. The third-order valence-electron chi connectivity index (χ3n) is 3.68. The molecule has 0 N–H and O–H groups in total.